The van der Waals surface area contributed by atoms with Gasteiger partial charge in [0.05, 0.1) is 7.11 Å². The molecule has 7 nitrogen and oxygen atoms in total. The summed E-state index contributed by atoms with van der Waals surface area (Å²) in [6.07, 6.45) is 0.312. The molecule has 0 amide bonds. The lowest BCUT2D eigenvalue weighted by Gasteiger charge is -2.10. The third-order valence-corrected chi connectivity index (χ3v) is 3.25. The normalized spacial score (nSPS) is 11.7. The van der Waals surface area contributed by atoms with Crippen LogP contribution < -0.4 is 4.74 Å². The van der Waals surface area contributed by atoms with Gasteiger partial charge in [-0.2, -0.15) is 4.98 Å². The van der Waals surface area contributed by atoms with Gasteiger partial charge in [0, 0.05) is 11.0 Å². The van der Waals surface area contributed by atoms with Gasteiger partial charge in [-0.3, -0.25) is 0 Å². The smallest absolute Gasteiger partial charge is 0.247 e. The number of hydrogen-bond donors (Lipinski definition) is 0. The average molecular weight is 314 g/mol. The maximum absolute atomic E-state index is 5.65. The zero-order valence-corrected chi connectivity index (χ0v) is 13.5. The predicted molar refractivity (Wildman–Crippen MR) is 82.1 cm³/mol. The zero-order valence-electron chi connectivity index (χ0n) is 13.5. The highest BCUT2D eigenvalue weighted by Crippen LogP contribution is 2.23. The molecule has 0 aliphatic carbocycles. The molecule has 0 bridgehead atoms. The Balaban J connectivity index is 1.75. The standard InChI is InChI=1S/C16H18N4O3/c1-16(2,3)15-17-12(23-20-15)9-13-18-19-14(22-13)10-5-7-11(21-4)8-6-10/h5-8H,9H2,1-4H3. The Kier molecular flexibility index (Phi) is 3.85. The second kappa shape index (κ2) is 5.83. The van der Waals surface area contributed by atoms with Gasteiger partial charge >= 0.3 is 0 Å². The van der Waals surface area contributed by atoms with Crippen molar-refractivity contribution in [1.29, 1.82) is 0 Å². The van der Waals surface area contributed by atoms with Crippen molar-refractivity contribution in [2.75, 3.05) is 7.11 Å². The first-order valence-corrected chi connectivity index (χ1v) is 7.25. The van der Waals surface area contributed by atoms with Crippen molar-refractivity contribution in [1.82, 2.24) is 20.3 Å². The van der Waals surface area contributed by atoms with Crippen LogP contribution in [0.15, 0.2) is 33.2 Å². The molecule has 7 heteroatoms. The summed E-state index contributed by atoms with van der Waals surface area (Å²) in [6, 6.07) is 7.40. The summed E-state index contributed by atoms with van der Waals surface area (Å²) in [5.41, 5.74) is 0.663. The highest BCUT2D eigenvalue weighted by molar-refractivity contribution is 5.53. The molecule has 0 unspecified atom stereocenters. The Labute approximate surface area is 133 Å². The van der Waals surface area contributed by atoms with E-state index in [9.17, 15) is 0 Å². The first-order valence-electron chi connectivity index (χ1n) is 7.25. The highest BCUT2D eigenvalue weighted by atomic mass is 16.5. The van der Waals surface area contributed by atoms with E-state index >= 15 is 0 Å². The number of benzene rings is 1. The minimum Gasteiger partial charge on any atom is -0.497 e. The van der Waals surface area contributed by atoms with E-state index in [1.54, 1.807) is 7.11 Å². The molecule has 3 rings (SSSR count). The van der Waals surface area contributed by atoms with Crippen LogP contribution in [0.4, 0.5) is 0 Å². The van der Waals surface area contributed by atoms with Gasteiger partial charge < -0.3 is 13.7 Å². The highest BCUT2D eigenvalue weighted by Gasteiger charge is 2.22. The SMILES string of the molecule is COc1ccc(-c2nnc(Cc3nc(C(C)(C)C)no3)o2)cc1. The van der Waals surface area contributed by atoms with Crippen molar-refractivity contribution in [3.63, 3.8) is 0 Å². The molecule has 0 N–H and O–H groups in total. The molecular formula is C16H18N4O3. The maximum atomic E-state index is 5.65. The molecule has 1 aromatic carbocycles. The van der Waals surface area contributed by atoms with Crippen molar-refractivity contribution < 1.29 is 13.7 Å². The molecule has 0 spiro atoms. The minimum atomic E-state index is -0.162. The van der Waals surface area contributed by atoms with E-state index in [2.05, 4.69) is 20.3 Å². The number of rotatable bonds is 4. The van der Waals surface area contributed by atoms with Crippen LogP contribution in [0.25, 0.3) is 11.5 Å². The van der Waals surface area contributed by atoms with E-state index in [1.807, 2.05) is 45.0 Å². The second-order valence-electron chi connectivity index (χ2n) is 6.17. The molecule has 0 aliphatic rings. The fourth-order valence-electron chi connectivity index (χ4n) is 1.94. The molecule has 2 aromatic heterocycles. The molecule has 120 valence electrons. The largest absolute Gasteiger partial charge is 0.497 e. The molecule has 0 fully saturated rings. The summed E-state index contributed by atoms with van der Waals surface area (Å²) in [5, 5.41) is 12.1. The third kappa shape index (κ3) is 3.39. The second-order valence-corrected chi connectivity index (χ2v) is 6.17. The van der Waals surface area contributed by atoms with Crippen molar-refractivity contribution in [3.8, 4) is 17.2 Å². The van der Waals surface area contributed by atoms with Crippen molar-refractivity contribution in [2.24, 2.45) is 0 Å². The Hall–Kier alpha value is -2.70. The lowest BCUT2D eigenvalue weighted by molar-refractivity contribution is 0.360. The zero-order chi connectivity index (χ0) is 16.4. The number of ether oxygens (including phenoxy) is 1. The molecule has 0 radical (unpaired) electrons. The molecule has 0 aliphatic heterocycles. The summed E-state index contributed by atoms with van der Waals surface area (Å²) in [6.45, 7) is 6.07. The van der Waals surface area contributed by atoms with E-state index in [4.69, 9.17) is 13.7 Å². The Morgan fingerprint density at radius 1 is 1.04 bits per heavy atom. The van der Waals surface area contributed by atoms with Crippen LogP contribution in [0, 0.1) is 0 Å². The van der Waals surface area contributed by atoms with Crippen LogP contribution in [0.5, 0.6) is 5.75 Å². The summed E-state index contributed by atoms with van der Waals surface area (Å²) in [4.78, 5) is 4.36. The van der Waals surface area contributed by atoms with E-state index in [0.29, 0.717) is 29.9 Å². The first kappa shape index (κ1) is 15.2. The van der Waals surface area contributed by atoms with Gasteiger partial charge in [0.25, 0.3) is 0 Å². The summed E-state index contributed by atoms with van der Waals surface area (Å²) in [5.74, 6) is 2.76. The summed E-state index contributed by atoms with van der Waals surface area (Å²) < 4.78 is 16.0. The lowest BCUT2D eigenvalue weighted by atomic mass is 9.96. The Morgan fingerprint density at radius 3 is 2.39 bits per heavy atom. The predicted octanol–water partition coefficient (Wildman–Crippen LogP) is 3.02. The van der Waals surface area contributed by atoms with Gasteiger partial charge in [-0.1, -0.05) is 25.9 Å². The first-order chi connectivity index (χ1) is 11.0. The number of aromatic nitrogens is 4. The average Bonchev–Trinajstić information content (AvgIpc) is 3.17. The van der Waals surface area contributed by atoms with Crippen LogP contribution in [0.3, 0.4) is 0 Å². The van der Waals surface area contributed by atoms with Crippen molar-refractivity contribution >= 4 is 0 Å². The van der Waals surface area contributed by atoms with Crippen molar-refractivity contribution in [3.05, 3.63) is 41.9 Å². The van der Waals surface area contributed by atoms with Gasteiger partial charge in [0.1, 0.15) is 12.2 Å². The lowest BCUT2D eigenvalue weighted by Crippen LogP contribution is -2.13. The monoisotopic (exact) mass is 314 g/mol. The number of nitrogens with zero attached hydrogens (tertiary/aromatic N) is 4. The van der Waals surface area contributed by atoms with Crippen LogP contribution in [0.2, 0.25) is 0 Å². The van der Waals surface area contributed by atoms with Gasteiger partial charge in [0.15, 0.2) is 5.82 Å². The summed E-state index contributed by atoms with van der Waals surface area (Å²) >= 11 is 0. The van der Waals surface area contributed by atoms with Crippen LogP contribution >= 0.6 is 0 Å². The fourth-order valence-corrected chi connectivity index (χ4v) is 1.94. The number of methoxy groups -OCH3 is 1. The van der Waals surface area contributed by atoms with E-state index in [-0.39, 0.29) is 5.41 Å². The van der Waals surface area contributed by atoms with Gasteiger partial charge in [-0.25, -0.2) is 0 Å². The van der Waals surface area contributed by atoms with Crippen LogP contribution in [-0.4, -0.2) is 27.4 Å². The Bertz CT molecular complexity index is 784. The topological polar surface area (TPSA) is 87.1 Å². The van der Waals surface area contributed by atoms with Crippen LogP contribution in [0.1, 0.15) is 38.4 Å². The van der Waals surface area contributed by atoms with E-state index in [0.717, 1.165) is 11.3 Å². The van der Waals surface area contributed by atoms with Gasteiger partial charge in [0.2, 0.25) is 17.7 Å². The molecule has 0 atom stereocenters. The molecule has 23 heavy (non-hydrogen) atoms. The third-order valence-electron chi connectivity index (χ3n) is 3.25. The van der Waals surface area contributed by atoms with E-state index in [1.165, 1.54) is 0 Å². The van der Waals surface area contributed by atoms with Gasteiger partial charge in [-0.15, -0.1) is 10.2 Å². The van der Waals surface area contributed by atoms with Gasteiger partial charge in [-0.05, 0) is 24.3 Å². The quantitative estimate of drug-likeness (QED) is 0.731. The molecular weight excluding hydrogens is 296 g/mol. The molecule has 3 aromatic rings. The van der Waals surface area contributed by atoms with E-state index < -0.39 is 0 Å². The molecule has 0 saturated carbocycles. The summed E-state index contributed by atoms with van der Waals surface area (Å²) in [7, 11) is 1.62. The molecule has 2 heterocycles. The van der Waals surface area contributed by atoms with Crippen molar-refractivity contribution in [2.45, 2.75) is 32.6 Å². The Morgan fingerprint density at radius 2 is 1.78 bits per heavy atom. The molecule has 0 saturated heterocycles. The number of hydrogen-bond acceptors (Lipinski definition) is 7. The minimum absolute atomic E-state index is 0.162. The fraction of sp³-hybridized carbons (Fsp3) is 0.375. The maximum Gasteiger partial charge on any atom is 0.247 e. The van der Waals surface area contributed by atoms with Crippen LogP contribution in [-0.2, 0) is 11.8 Å².